The van der Waals surface area contributed by atoms with Crippen molar-refractivity contribution in [2.24, 2.45) is 5.41 Å². The molecule has 342 valence electrons. The zero-order chi connectivity index (χ0) is 45.4. The van der Waals surface area contributed by atoms with Gasteiger partial charge in [-0.15, -0.1) is 11.8 Å². The number of sulfonamides is 1. The number of amides is 1. The summed E-state index contributed by atoms with van der Waals surface area (Å²) in [7, 11) is -4.44. The molecule has 15 heteroatoms. The minimum Gasteiger partial charge on any atom is -0.376 e. The van der Waals surface area contributed by atoms with Crippen LogP contribution in [0.5, 0.6) is 0 Å². The van der Waals surface area contributed by atoms with E-state index < -0.39 is 20.9 Å². The van der Waals surface area contributed by atoms with Gasteiger partial charge >= 0.3 is 0 Å². The monoisotopic (exact) mass is 927 g/mol. The lowest BCUT2D eigenvalue weighted by Crippen LogP contribution is -2.49. The number of carbonyl (C=O) groups excluding carboxylic acids is 1. The first kappa shape index (κ1) is 47.5. The fraction of sp³-hybridized carbons (Fsp3) is 0.449. The van der Waals surface area contributed by atoms with Crippen LogP contribution in [0.4, 0.5) is 17.1 Å². The predicted octanol–water partition coefficient (Wildman–Crippen LogP) is 9.14. The van der Waals surface area contributed by atoms with E-state index in [1.807, 2.05) is 54.6 Å². The fourth-order valence-electron chi connectivity index (χ4n) is 8.99. The highest BCUT2D eigenvalue weighted by molar-refractivity contribution is 7.99. The molecule has 1 atom stereocenters. The molecule has 0 unspecified atom stereocenters. The van der Waals surface area contributed by atoms with Gasteiger partial charge in [-0.1, -0.05) is 61.4 Å². The molecule has 0 bridgehead atoms. The maximum absolute atomic E-state index is 13.6. The number of carbonyl (C=O) groups is 1. The number of hydrogen-bond acceptors (Lipinski definition) is 11. The third-order valence-corrected chi connectivity index (χ3v) is 15.6. The molecule has 0 saturated carbocycles. The Morgan fingerprint density at radius 1 is 0.875 bits per heavy atom. The van der Waals surface area contributed by atoms with E-state index in [0.29, 0.717) is 11.8 Å². The van der Waals surface area contributed by atoms with Gasteiger partial charge in [-0.3, -0.25) is 24.7 Å². The van der Waals surface area contributed by atoms with Crippen LogP contribution in [-0.2, 0) is 10.0 Å². The highest BCUT2D eigenvalue weighted by Gasteiger charge is 2.30. The van der Waals surface area contributed by atoms with E-state index in [1.54, 1.807) is 23.9 Å². The molecule has 2 heterocycles. The van der Waals surface area contributed by atoms with Crippen LogP contribution in [0.2, 0.25) is 5.02 Å². The minimum atomic E-state index is -4.44. The van der Waals surface area contributed by atoms with Crippen molar-refractivity contribution in [3.8, 4) is 0 Å². The Morgan fingerprint density at radius 2 is 1.55 bits per heavy atom. The first-order chi connectivity index (χ1) is 30.6. The van der Waals surface area contributed by atoms with Crippen molar-refractivity contribution in [3.63, 3.8) is 0 Å². The maximum Gasteiger partial charge on any atom is 0.293 e. The number of nitrogens with one attached hydrogen (secondary N) is 2. The zero-order valence-electron chi connectivity index (χ0n) is 37.5. The first-order valence-corrected chi connectivity index (χ1v) is 25.3. The Morgan fingerprint density at radius 3 is 2.20 bits per heavy atom. The van der Waals surface area contributed by atoms with Crippen LogP contribution < -0.4 is 14.9 Å². The van der Waals surface area contributed by atoms with E-state index >= 15 is 0 Å². The molecule has 12 nitrogen and oxygen atoms in total. The fourth-order valence-corrected chi connectivity index (χ4v) is 11.1. The third-order valence-electron chi connectivity index (χ3n) is 12.8. The van der Waals surface area contributed by atoms with Gasteiger partial charge in [0.1, 0.15) is 5.69 Å². The first-order valence-electron chi connectivity index (χ1n) is 22.4. The van der Waals surface area contributed by atoms with Gasteiger partial charge in [-0.25, -0.2) is 13.1 Å². The van der Waals surface area contributed by atoms with Gasteiger partial charge in [0, 0.05) is 111 Å². The van der Waals surface area contributed by atoms with Gasteiger partial charge in [0.25, 0.3) is 21.6 Å². The van der Waals surface area contributed by atoms with E-state index in [9.17, 15) is 23.3 Å². The molecular formula is C49H62ClN7O5S2. The number of anilines is 2. The summed E-state index contributed by atoms with van der Waals surface area (Å²) in [6.45, 7) is 18.2. The Bertz CT molecular complexity index is 2360. The molecule has 0 radical (unpaired) electrons. The molecule has 1 amide bonds. The second kappa shape index (κ2) is 21.2. The van der Waals surface area contributed by atoms with Gasteiger partial charge in [0.15, 0.2) is 0 Å². The number of halogens is 1. The molecule has 2 aliphatic heterocycles. The van der Waals surface area contributed by atoms with E-state index in [0.717, 1.165) is 113 Å². The number of piperazine rings is 2. The quantitative estimate of drug-likeness (QED) is 0.0598. The van der Waals surface area contributed by atoms with Crippen LogP contribution in [0.15, 0.2) is 112 Å². The smallest absolute Gasteiger partial charge is 0.293 e. The standard InChI is InChI=1S/C49H62ClN7O5S2/c1-36(2)55-28-24-53(25-29-55)23-21-41(35-63-43-8-6-5-7-9-43)51-46-19-18-44(32-47(46)57(59)60)64(61,62)52-48(58)38-12-16-42(17-13-38)56-30-26-54(27-31-56)34-39-33-49(3,4)22-20-45(39)37-10-14-40(50)15-11-37/h5-19,32,36,41,51H,20-31,33-35H2,1-4H3,(H,52,58)/t41-/m1/s1. The van der Waals surface area contributed by atoms with E-state index in [1.165, 1.54) is 28.8 Å². The number of nitro groups is 1. The Labute approximate surface area is 388 Å². The van der Waals surface area contributed by atoms with E-state index in [-0.39, 0.29) is 33.3 Å². The number of allylic oxidation sites excluding steroid dienone is 1. The van der Waals surface area contributed by atoms with E-state index in [2.05, 4.69) is 69.5 Å². The molecule has 2 fully saturated rings. The van der Waals surface area contributed by atoms with Crippen LogP contribution in [0.3, 0.4) is 0 Å². The summed E-state index contributed by atoms with van der Waals surface area (Å²) < 4.78 is 29.2. The summed E-state index contributed by atoms with van der Waals surface area (Å²) >= 11 is 7.87. The molecule has 64 heavy (non-hydrogen) atoms. The van der Waals surface area contributed by atoms with Gasteiger partial charge < -0.3 is 15.1 Å². The molecular weight excluding hydrogens is 866 g/mol. The Balaban J connectivity index is 0.960. The van der Waals surface area contributed by atoms with Crippen LogP contribution in [0.1, 0.15) is 69.3 Å². The molecule has 4 aromatic rings. The average molecular weight is 929 g/mol. The summed E-state index contributed by atoms with van der Waals surface area (Å²) in [6, 6.07) is 29.3. The van der Waals surface area contributed by atoms with Crippen LogP contribution in [0, 0.1) is 15.5 Å². The van der Waals surface area contributed by atoms with Crippen molar-refractivity contribution >= 4 is 61.9 Å². The molecule has 4 aromatic carbocycles. The van der Waals surface area contributed by atoms with Crippen molar-refractivity contribution in [3.05, 3.63) is 129 Å². The molecule has 2 N–H and O–H groups in total. The average Bonchev–Trinajstić information content (AvgIpc) is 3.28. The van der Waals surface area contributed by atoms with Crippen LogP contribution >= 0.6 is 23.4 Å². The lowest BCUT2D eigenvalue weighted by Gasteiger charge is -2.39. The molecule has 0 aromatic heterocycles. The molecule has 3 aliphatic rings. The number of hydrogen-bond donors (Lipinski definition) is 2. The summed E-state index contributed by atoms with van der Waals surface area (Å²) in [5.74, 6) is -0.157. The Kier molecular flexibility index (Phi) is 15.8. The third kappa shape index (κ3) is 12.7. The SMILES string of the molecule is CC(C)N1CCN(CC[C@H](CSc2ccccc2)Nc2ccc(S(=O)(=O)NC(=O)c3ccc(N4CCN(CC5=C(c6ccc(Cl)cc6)CCC(C)(C)C5)CC4)cc3)cc2[N+](=O)[O-])CC1. The summed E-state index contributed by atoms with van der Waals surface area (Å²) in [6.07, 6.45) is 4.02. The number of nitro benzene ring substituents is 1. The van der Waals surface area contributed by atoms with E-state index in [4.69, 9.17) is 11.6 Å². The summed E-state index contributed by atoms with van der Waals surface area (Å²) in [5, 5.41) is 16.5. The number of nitrogens with zero attached hydrogens (tertiary/aromatic N) is 5. The highest BCUT2D eigenvalue weighted by Crippen LogP contribution is 2.43. The van der Waals surface area contributed by atoms with Crippen molar-refractivity contribution in [1.82, 2.24) is 19.4 Å². The van der Waals surface area contributed by atoms with Gasteiger partial charge in [0.05, 0.1) is 9.82 Å². The van der Waals surface area contributed by atoms with Gasteiger partial charge in [-0.2, -0.15) is 0 Å². The maximum atomic E-state index is 13.6. The van der Waals surface area contributed by atoms with Crippen molar-refractivity contribution in [2.45, 2.75) is 75.3 Å². The summed E-state index contributed by atoms with van der Waals surface area (Å²) in [5.41, 5.74) is 5.44. The lowest BCUT2D eigenvalue weighted by atomic mass is 9.73. The minimum absolute atomic E-state index is 0.137. The second-order valence-electron chi connectivity index (χ2n) is 18.3. The number of thioether (sulfide) groups is 1. The molecule has 1 aliphatic carbocycles. The predicted molar refractivity (Wildman–Crippen MR) is 261 cm³/mol. The largest absolute Gasteiger partial charge is 0.376 e. The topological polar surface area (TPSA) is 131 Å². The lowest BCUT2D eigenvalue weighted by molar-refractivity contribution is -0.384. The zero-order valence-corrected chi connectivity index (χ0v) is 39.9. The number of benzene rings is 4. The van der Waals surface area contributed by atoms with Crippen molar-refractivity contribution in [2.75, 3.05) is 81.4 Å². The normalized spacial score (nSPS) is 18.2. The van der Waals surface area contributed by atoms with Crippen LogP contribution in [-0.4, -0.2) is 117 Å². The van der Waals surface area contributed by atoms with Gasteiger partial charge in [-0.05, 0) is 117 Å². The van der Waals surface area contributed by atoms with Crippen LogP contribution in [0.25, 0.3) is 5.57 Å². The van der Waals surface area contributed by atoms with Crippen molar-refractivity contribution in [1.29, 1.82) is 0 Å². The second-order valence-corrected chi connectivity index (χ2v) is 21.5. The van der Waals surface area contributed by atoms with Crippen molar-refractivity contribution < 1.29 is 18.1 Å². The number of rotatable bonds is 17. The molecule has 0 spiro atoms. The highest BCUT2D eigenvalue weighted by atomic mass is 35.5. The summed E-state index contributed by atoms with van der Waals surface area (Å²) in [4.78, 5) is 35.6. The Hall–Kier alpha value is -4.44. The molecule has 7 rings (SSSR count). The molecule has 2 saturated heterocycles. The van der Waals surface area contributed by atoms with Gasteiger partial charge in [0.2, 0.25) is 0 Å².